The maximum Gasteiger partial charge on any atom is 0.306 e. The predicted molar refractivity (Wildman–Crippen MR) is 81.1 cm³/mol. The van der Waals surface area contributed by atoms with Crippen LogP contribution in [0.2, 0.25) is 0 Å². The van der Waals surface area contributed by atoms with Gasteiger partial charge in [0.25, 0.3) is 0 Å². The Morgan fingerprint density at radius 2 is 1.73 bits per heavy atom. The number of carbonyl (C=O) groups excluding carboxylic acids is 2. The molecule has 1 heterocycles. The summed E-state index contributed by atoms with van der Waals surface area (Å²) in [6.07, 6.45) is 4.98. The first-order valence-electron chi connectivity index (χ1n) is 8.25. The second-order valence-electron chi connectivity index (χ2n) is 6.51. The van der Waals surface area contributed by atoms with Gasteiger partial charge >= 0.3 is 5.97 Å². The van der Waals surface area contributed by atoms with E-state index in [9.17, 15) is 19.5 Å². The number of piperidine rings is 1. The Morgan fingerprint density at radius 3 is 2.32 bits per heavy atom. The molecule has 2 aliphatic rings. The number of hydrogen-bond acceptors (Lipinski definition) is 3. The minimum absolute atomic E-state index is 0.0120. The van der Waals surface area contributed by atoms with Crippen LogP contribution in [0.5, 0.6) is 0 Å². The lowest BCUT2D eigenvalue weighted by atomic mass is 9.79. The summed E-state index contributed by atoms with van der Waals surface area (Å²) in [6.45, 7) is 3.28. The van der Waals surface area contributed by atoms with Gasteiger partial charge in [-0.05, 0) is 31.6 Å². The normalized spacial score (nSPS) is 26.5. The van der Waals surface area contributed by atoms with Gasteiger partial charge in [-0.1, -0.05) is 12.8 Å². The van der Waals surface area contributed by atoms with Gasteiger partial charge in [-0.25, -0.2) is 0 Å². The summed E-state index contributed by atoms with van der Waals surface area (Å²) in [5.41, 5.74) is 0. The van der Waals surface area contributed by atoms with E-state index in [1.165, 1.54) is 0 Å². The van der Waals surface area contributed by atoms with Gasteiger partial charge in [0, 0.05) is 32.5 Å². The van der Waals surface area contributed by atoms with E-state index in [1.54, 1.807) is 11.8 Å². The highest BCUT2D eigenvalue weighted by atomic mass is 16.4. The Morgan fingerprint density at radius 1 is 1.09 bits per heavy atom. The van der Waals surface area contributed by atoms with Crippen molar-refractivity contribution in [3.8, 4) is 0 Å². The van der Waals surface area contributed by atoms with Crippen LogP contribution in [0, 0.1) is 17.8 Å². The Balaban J connectivity index is 1.78. The van der Waals surface area contributed by atoms with Gasteiger partial charge in [-0.3, -0.25) is 14.4 Å². The first-order valence-corrected chi connectivity index (χ1v) is 8.25. The maximum atomic E-state index is 12.2. The minimum Gasteiger partial charge on any atom is -0.481 e. The van der Waals surface area contributed by atoms with Crippen molar-refractivity contribution >= 4 is 17.8 Å². The van der Waals surface area contributed by atoms with Crippen LogP contribution < -0.4 is 5.32 Å². The molecule has 0 aromatic rings. The fraction of sp³-hybridized carbons (Fsp3) is 0.812. The van der Waals surface area contributed by atoms with Crippen LogP contribution in [-0.4, -0.2) is 47.4 Å². The zero-order valence-electron chi connectivity index (χ0n) is 13.2. The lowest BCUT2D eigenvalue weighted by molar-refractivity contribution is -0.145. The average molecular weight is 310 g/mol. The summed E-state index contributed by atoms with van der Waals surface area (Å²) in [5, 5.41) is 12.2. The van der Waals surface area contributed by atoms with Gasteiger partial charge in [0.1, 0.15) is 0 Å². The summed E-state index contributed by atoms with van der Waals surface area (Å²) in [7, 11) is 0. The number of amides is 2. The number of nitrogens with zero attached hydrogens (tertiary/aromatic N) is 1. The van der Waals surface area contributed by atoms with E-state index in [1.807, 2.05) is 0 Å². The van der Waals surface area contributed by atoms with Gasteiger partial charge in [-0.2, -0.15) is 0 Å². The van der Waals surface area contributed by atoms with Crippen LogP contribution in [0.3, 0.4) is 0 Å². The van der Waals surface area contributed by atoms with Crippen molar-refractivity contribution in [1.82, 2.24) is 10.2 Å². The van der Waals surface area contributed by atoms with Gasteiger partial charge in [0.15, 0.2) is 0 Å². The highest BCUT2D eigenvalue weighted by Crippen LogP contribution is 2.30. The number of aliphatic carboxylic acids is 1. The Labute approximate surface area is 131 Å². The number of hydrogen-bond donors (Lipinski definition) is 2. The van der Waals surface area contributed by atoms with Crippen LogP contribution in [0.25, 0.3) is 0 Å². The molecule has 6 heteroatoms. The predicted octanol–water partition coefficient (Wildman–Crippen LogP) is 1.25. The molecule has 0 unspecified atom stereocenters. The molecule has 1 saturated heterocycles. The van der Waals surface area contributed by atoms with Crippen LogP contribution in [0.1, 0.15) is 45.4 Å². The lowest BCUT2D eigenvalue weighted by Crippen LogP contribution is -2.44. The van der Waals surface area contributed by atoms with E-state index in [-0.39, 0.29) is 29.6 Å². The molecule has 6 nitrogen and oxygen atoms in total. The molecular weight excluding hydrogens is 284 g/mol. The summed E-state index contributed by atoms with van der Waals surface area (Å²) in [4.78, 5) is 36.5. The van der Waals surface area contributed by atoms with Crippen molar-refractivity contribution in [3.63, 3.8) is 0 Å². The zero-order valence-corrected chi connectivity index (χ0v) is 13.2. The summed E-state index contributed by atoms with van der Waals surface area (Å²) < 4.78 is 0. The fourth-order valence-corrected chi connectivity index (χ4v) is 3.61. The SMILES string of the molecule is CC(=O)N1CCC(C(=O)NC[C@@H]2CCCC[C@@H]2C(=O)O)CC1. The molecule has 0 aromatic heterocycles. The van der Waals surface area contributed by atoms with Gasteiger partial charge in [0.05, 0.1) is 5.92 Å². The molecule has 2 rings (SSSR count). The third kappa shape index (κ3) is 4.21. The van der Waals surface area contributed by atoms with E-state index in [4.69, 9.17) is 0 Å². The summed E-state index contributed by atoms with van der Waals surface area (Å²) >= 11 is 0. The Hall–Kier alpha value is -1.59. The molecule has 1 saturated carbocycles. The van der Waals surface area contributed by atoms with Crippen molar-refractivity contribution in [2.45, 2.75) is 45.4 Å². The van der Waals surface area contributed by atoms with E-state index < -0.39 is 5.97 Å². The van der Waals surface area contributed by atoms with Crippen molar-refractivity contribution in [1.29, 1.82) is 0 Å². The fourth-order valence-electron chi connectivity index (χ4n) is 3.61. The molecular formula is C16H26N2O4. The van der Waals surface area contributed by atoms with Crippen molar-refractivity contribution in [2.24, 2.45) is 17.8 Å². The first kappa shape index (κ1) is 16.8. The average Bonchev–Trinajstić information content (AvgIpc) is 2.52. The molecule has 0 spiro atoms. The molecule has 2 fully saturated rings. The molecule has 2 amide bonds. The van der Waals surface area contributed by atoms with E-state index in [2.05, 4.69) is 5.32 Å². The van der Waals surface area contributed by atoms with Crippen molar-refractivity contribution in [3.05, 3.63) is 0 Å². The monoisotopic (exact) mass is 310 g/mol. The molecule has 22 heavy (non-hydrogen) atoms. The van der Waals surface area contributed by atoms with Crippen LogP contribution >= 0.6 is 0 Å². The number of carbonyl (C=O) groups is 3. The number of carboxylic acid groups (broad SMARTS) is 1. The third-order valence-corrected chi connectivity index (χ3v) is 5.08. The molecule has 0 aromatic carbocycles. The standard InChI is InChI=1S/C16H26N2O4/c1-11(19)18-8-6-12(7-9-18)15(20)17-10-13-4-2-3-5-14(13)16(21)22/h12-14H,2-10H2,1H3,(H,17,20)(H,21,22)/t13-,14-/m0/s1. The van der Waals surface area contributed by atoms with E-state index >= 15 is 0 Å². The van der Waals surface area contributed by atoms with Gasteiger partial charge in [0.2, 0.25) is 11.8 Å². The lowest BCUT2D eigenvalue weighted by Gasteiger charge is -2.32. The molecule has 2 N–H and O–H groups in total. The third-order valence-electron chi connectivity index (χ3n) is 5.08. The van der Waals surface area contributed by atoms with Crippen molar-refractivity contribution in [2.75, 3.05) is 19.6 Å². The van der Waals surface area contributed by atoms with Crippen LogP contribution in [0.15, 0.2) is 0 Å². The number of likely N-dealkylation sites (tertiary alicyclic amines) is 1. The highest BCUT2D eigenvalue weighted by Gasteiger charge is 2.32. The Kier molecular flexibility index (Phi) is 5.80. The van der Waals surface area contributed by atoms with E-state index in [0.29, 0.717) is 38.9 Å². The second-order valence-corrected chi connectivity index (χ2v) is 6.51. The molecule has 1 aliphatic carbocycles. The molecule has 0 bridgehead atoms. The topological polar surface area (TPSA) is 86.7 Å². The van der Waals surface area contributed by atoms with Gasteiger partial charge < -0.3 is 15.3 Å². The minimum atomic E-state index is -0.742. The smallest absolute Gasteiger partial charge is 0.306 e. The molecule has 124 valence electrons. The zero-order chi connectivity index (χ0) is 16.1. The van der Waals surface area contributed by atoms with E-state index in [0.717, 1.165) is 19.3 Å². The Bertz CT molecular complexity index is 430. The molecule has 2 atom stereocenters. The van der Waals surface area contributed by atoms with Crippen molar-refractivity contribution < 1.29 is 19.5 Å². The van der Waals surface area contributed by atoms with Crippen LogP contribution in [-0.2, 0) is 14.4 Å². The summed E-state index contributed by atoms with van der Waals surface area (Å²) in [6, 6.07) is 0. The molecule has 1 aliphatic heterocycles. The summed E-state index contributed by atoms with van der Waals surface area (Å²) in [5.74, 6) is -0.999. The first-order chi connectivity index (χ1) is 10.5. The maximum absolute atomic E-state index is 12.2. The number of carboxylic acids is 1. The quantitative estimate of drug-likeness (QED) is 0.818. The van der Waals surface area contributed by atoms with Crippen LogP contribution in [0.4, 0.5) is 0 Å². The second kappa shape index (κ2) is 7.61. The van der Waals surface area contributed by atoms with Gasteiger partial charge in [-0.15, -0.1) is 0 Å². The largest absolute Gasteiger partial charge is 0.481 e. The number of rotatable bonds is 4. The molecule has 0 radical (unpaired) electrons. The highest BCUT2D eigenvalue weighted by molar-refractivity contribution is 5.79. The number of nitrogens with one attached hydrogen (secondary N) is 1.